The molecule has 0 bridgehead atoms. The van der Waals surface area contributed by atoms with E-state index in [4.69, 9.17) is 10.2 Å². The van der Waals surface area contributed by atoms with Crippen LogP contribution in [-0.2, 0) is 11.3 Å². The molecule has 1 saturated heterocycles. The number of nitrogens with zero attached hydrogens (tertiary/aromatic N) is 4. The molecule has 1 atom stereocenters. The molecule has 3 heterocycles. The highest BCUT2D eigenvalue weighted by Crippen LogP contribution is 2.24. The summed E-state index contributed by atoms with van der Waals surface area (Å²) >= 11 is 0. The standard InChI is InChI=1S/C13H21N5O3/c19-6-3-9-7-14-12-15-13(16-18(12)8-9)17-4-1-10(2-5-17)11(20)21/h9-10,19H,1-8H2,(H,20,21)(H,14,15,16). The molecule has 21 heavy (non-hydrogen) atoms. The number of aliphatic carboxylic acids is 1. The van der Waals surface area contributed by atoms with Gasteiger partial charge in [0.05, 0.1) is 5.92 Å². The first-order chi connectivity index (χ1) is 10.2. The molecule has 3 N–H and O–H groups in total. The Hall–Kier alpha value is -1.83. The molecule has 8 nitrogen and oxygen atoms in total. The summed E-state index contributed by atoms with van der Waals surface area (Å²) in [6.07, 6.45) is 2.03. The number of fused-ring (bicyclic) bond motifs is 1. The molecule has 2 aliphatic heterocycles. The second-order valence-corrected chi connectivity index (χ2v) is 5.78. The molecule has 0 saturated carbocycles. The summed E-state index contributed by atoms with van der Waals surface area (Å²) in [5.41, 5.74) is 0. The highest BCUT2D eigenvalue weighted by Gasteiger charge is 2.28. The van der Waals surface area contributed by atoms with E-state index >= 15 is 0 Å². The molecule has 0 aromatic carbocycles. The summed E-state index contributed by atoms with van der Waals surface area (Å²) in [5, 5.41) is 25.8. The number of aliphatic hydroxyl groups excluding tert-OH is 1. The number of anilines is 2. The van der Waals surface area contributed by atoms with Crippen LogP contribution in [0.15, 0.2) is 0 Å². The van der Waals surface area contributed by atoms with Gasteiger partial charge in [0, 0.05) is 32.8 Å². The number of carboxylic acid groups (broad SMARTS) is 1. The maximum absolute atomic E-state index is 11.0. The van der Waals surface area contributed by atoms with Crippen LogP contribution < -0.4 is 10.2 Å². The maximum atomic E-state index is 11.0. The Labute approximate surface area is 122 Å². The molecule has 0 radical (unpaired) electrons. The SMILES string of the molecule is O=C(O)C1CCN(c2nc3n(n2)CC(CCO)CN3)CC1. The third-order valence-corrected chi connectivity index (χ3v) is 4.30. The molecule has 1 aromatic rings. The molecule has 1 fully saturated rings. The predicted molar refractivity (Wildman–Crippen MR) is 76.3 cm³/mol. The lowest BCUT2D eigenvalue weighted by Crippen LogP contribution is -2.37. The van der Waals surface area contributed by atoms with Crippen molar-refractivity contribution in [3.8, 4) is 0 Å². The van der Waals surface area contributed by atoms with Crippen LogP contribution in [0.25, 0.3) is 0 Å². The number of carbonyl (C=O) groups is 1. The van der Waals surface area contributed by atoms with Gasteiger partial charge in [-0.25, -0.2) is 4.68 Å². The summed E-state index contributed by atoms with van der Waals surface area (Å²) in [5.74, 6) is 0.853. The minimum absolute atomic E-state index is 0.186. The number of carboxylic acids is 1. The average molecular weight is 295 g/mol. The fourth-order valence-electron chi connectivity index (χ4n) is 2.97. The van der Waals surface area contributed by atoms with E-state index in [9.17, 15) is 4.79 Å². The van der Waals surface area contributed by atoms with Gasteiger partial charge in [0.2, 0.25) is 11.9 Å². The van der Waals surface area contributed by atoms with Gasteiger partial charge in [0.1, 0.15) is 0 Å². The minimum Gasteiger partial charge on any atom is -0.481 e. The van der Waals surface area contributed by atoms with Crippen LogP contribution in [0.3, 0.4) is 0 Å². The molecule has 8 heteroatoms. The van der Waals surface area contributed by atoms with E-state index in [0.29, 0.717) is 37.8 Å². The monoisotopic (exact) mass is 295 g/mol. The van der Waals surface area contributed by atoms with Gasteiger partial charge < -0.3 is 20.4 Å². The van der Waals surface area contributed by atoms with Crippen molar-refractivity contribution in [2.75, 3.05) is 36.5 Å². The highest BCUT2D eigenvalue weighted by molar-refractivity contribution is 5.70. The van der Waals surface area contributed by atoms with E-state index < -0.39 is 5.97 Å². The average Bonchev–Trinajstić information content (AvgIpc) is 2.91. The Morgan fingerprint density at radius 3 is 2.81 bits per heavy atom. The number of rotatable bonds is 4. The van der Waals surface area contributed by atoms with Gasteiger partial charge in [-0.05, 0) is 25.2 Å². The molecule has 0 spiro atoms. The second-order valence-electron chi connectivity index (χ2n) is 5.78. The molecule has 0 aliphatic carbocycles. The van der Waals surface area contributed by atoms with Crippen LogP contribution in [-0.4, -0.2) is 57.2 Å². The van der Waals surface area contributed by atoms with Gasteiger partial charge in [0.15, 0.2) is 0 Å². The largest absolute Gasteiger partial charge is 0.481 e. The maximum Gasteiger partial charge on any atom is 0.306 e. The second kappa shape index (κ2) is 5.88. The zero-order chi connectivity index (χ0) is 14.8. The molecular formula is C13H21N5O3. The summed E-state index contributed by atoms with van der Waals surface area (Å²) in [6, 6.07) is 0. The summed E-state index contributed by atoms with van der Waals surface area (Å²) in [7, 11) is 0. The molecule has 3 rings (SSSR count). The topological polar surface area (TPSA) is 104 Å². The van der Waals surface area contributed by atoms with Gasteiger partial charge in [0.25, 0.3) is 0 Å². The fourth-order valence-corrected chi connectivity index (χ4v) is 2.97. The lowest BCUT2D eigenvalue weighted by Gasteiger charge is -2.28. The molecule has 2 aliphatic rings. The van der Waals surface area contributed by atoms with Crippen molar-refractivity contribution in [2.24, 2.45) is 11.8 Å². The lowest BCUT2D eigenvalue weighted by atomic mass is 9.97. The number of nitrogens with one attached hydrogen (secondary N) is 1. The van der Waals surface area contributed by atoms with Crippen molar-refractivity contribution in [1.82, 2.24) is 14.8 Å². The molecule has 116 valence electrons. The zero-order valence-electron chi connectivity index (χ0n) is 11.9. The summed E-state index contributed by atoms with van der Waals surface area (Å²) in [6.45, 7) is 3.12. The van der Waals surface area contributed by atoms with Crippen LogP contribution in [0.1, 0.15) is 19.3 Å². The van der Waals surface area contributed by atoms with E-state index in [0.717, 1.165) is 25.5 Å². The molecular weight excluding hydrogens is 274 g/mol. The highest BCUT2D eigenvalue weighted by atomic mass is 16.4. The number of piperidine rings is 1. The van der Waals surface area contributed by atoms with Gasteiger partial charge in [-0.15, -0.1) is 5.10 Å². The quantitative estimate of drug-likeness (QED) is 0.718. The third-order valence-electron chi connectivity index (χ3n) is 4.30. The fraction of sp³-hybridized carbons (Fsp3) is 0.769. The van der Waals surface area contributed by atoms with Crippen LogP contribution in [0.5, 0.6) is 0 Å². The third kappa shape index (κ3) is 2.94. The van der Waals surface area contributed by atoms with E-state index in [1.807, 2.05) is 9.58 Å². The van der Waals surface area contributed by atoms with Gasteiger partial charge in [-0.3, -0.25) is 4.79 Å². The Balaban J connectivity index is 1.65. The van der Waals surface area contributed by atoms with Crippen molar-refractivity contribution in [3.05, 3.63) is 0 Å². The van der Waals surface area contributed by atoms with E-state index in [-0.39, 0.29) is 12.5 Å². The van der Waals surface area contributed by atoms with Crippen LogP contribution >= 0.6 is 0 Å². The van der Waals surface area contributed by atoms with Crippen molar-refractivity contribution in [2.45, 2.75) is 25.8 Å². The van der Waals surface area contributed by atoms with Gasteiger partial charge in [-0.1, -0.05) is 0 Å². The number of hydrogen-bond donors (Lipinski definition) is 3. The van der Waals surface area contributed by atoms with E-state index in [1.54, 1.807) is 0 Å². The summed E-state index contributed by atoms with van der Waals surface area (Å²) < 4.78 is 1.85. The van der Waals surface area contributed by atoms with Gasteiger partial charge >= 0.3 is 5.97 Å². The number of aliphatic hydroxyl groups is 1. The Bertz CT molecular complexity index is 510. The van der Waals surface area contributed by atoms with Crippen LogP contribution in [0, 0.1) is 11.8 Å². The normalized spacial score (nSPS) is 22.7. The van der Waals surface area contributed by atoms with Gasteiger partial charge in [-0.2, -0.15) is 4.98 Å². The number of hydrogen-bond acceptors (Lipinski definition) is 6. The van der Waals surface area contributed by atoms with Crippen molar-refractivity contribution in [3.63, 3.8) is 0 Å². The van der Waals surface area contributed by atoms with Crippen molar-refractivity contribution >= 4 is 17.9 Å². The first kappa shape index (κ1) is 14.1. The van der Waals surface area contributed by atoms with Crippen LogP contribution in [0.2, 0.25) is 0 Å². The predicted octanol–water partition coefficient (Wildman–Crippen LogP) is 0.00320. The first-order valence-electron chi connectivity index (χ1n) is 7.44. The molecule has 1 aromatic heterocycles. The van der Waals surface area contributed by atoms with E-state index in [1.165, 1.54) is 0 Å². The van der Waals surface area contributed by atoms with Crippen molar-refractivity contribution < 1.29 is 15.0 Å². The van der Waals surface area contributed by atoms with Crippen molar-refractivity contribution in [1.29, 1.82) is 0 Å². The lowest BCUT2D eigenvalue weighted by molar-refractivity contribution is -0.142. The minimum atomic E-state index is -0.708. The Morgan fingerprint density at radius 2 is 2.14 bits per heavy atom. The first-order valence-corrected chi connectivity index (χ1v) is 7.44. The zero-order valence-corrected chi connectivity index (χ0v) is 11.9. The number of aromatic nitrogens is 3. The van der Waals surface area contributed by atoms with E-state index in [2.05, 4.69) is 15.4 Å². The smallest absolute Gasteiger partial charge is 0.306 e. The molecule has 0 amide bonds. The summed E-state index contributed by atoms with van der Waals surface area (Å²) in [4.78, 5) is 17.5. The Morgan fingerprint density at radius 1 is 1.38 bits per heavy atom. The molecule has 1 unspecified atom stereocenters. The Kier molecular flexibility index (Phi) is 3.96. The van der Waals surface area contributed by atoms with Crippen LogP contribution in [0.4, 0.5) is 11.9 Å².